The summed E-state index contributed by atoms with van der Waals surface area (Å²) in [5.74, 6) is 1.24. The summed E-state index contributed by atoms with van der Waals surface area (Å²) in [4.78, 5) is 32.2. The van der Waals surface area contributed by atoms with E-state index in [1.807, 2.05) is 12.1 Å². The number of carboxylic acid groups (broad SMARTS) is 1. The number of fused-ring (bicyclic) bond motifs is 1. The van der Waals surface area contributed by atoms with Gasteiger partial charge in [0.15, 0.2) is 0 Å². The summed E-state index contributed by atoms with van der Waals surface area (Å²) in [6, 6.07) is 3.72. The van der Waals surface area contributed by atoms with Gasteiger partial charge in [-0.1, -0.05) is 0 Å². The molecule has 9 nitrogen and oxygen atoms in total. The molecule has 1 aromatic heterocycles. The van der Waals surface area contributed by atoms with E-state index in [4.69, 9.17) is 14.6 Å². The lowest BCUT2D eigenvalue weighted by molar-refractivity contribution is 0.121. The fraction of sp³-hybridized carbons (Fsp3) is 0.533. The number of amides is 2. The largest absolute Gasteiger partial charge is 0.475 e. The van der Waals surface area contributed by atoms with Crippen molar-refractivity contribution in [3.05, 3.63) is 17.7 Å². The van der Waals surface area contributed by atoms with Gasteiger partial charge in [0, 0.05) is 31.7 Å². The Hall–Kier alpha value is -2.71. The van der Waals surface area contributed by atoms with Crippen molar-refractivity contribution >= 4 is 18.0 Å². The van der Waals surface area contributed by atoms with E-state index in [1.165, 1.54) is 12.0 Å². The number of carbonyl (C=O) groups is 2. The molecule has 9 heteroatoms. The number of carbonyl (C=O) groups excluding carboxylic acids is 1. The molecule has 1 aromatic rings. The quantitative estimate of drug-likeness (QED) is 0.812. The molecular formula is C15H20N4O5. The molecular weight excluding hydrogens is 316 g/mol. The average molecular weight is 336 g/mol. The van der Waals surface area contributed by atoms with Gasteiger partial charge in [-0.25, -0.2) is 9.59 Å². The van der Waals surface area contributed by atoms with Crippen molar-refractivity contribution in [3.8, 4) is 5.88 Å². The molecule has 3 heterocycles. The first kappa shape index (κ1) is 16.2. The predicted molar refractivity (Wildman–Crippen MR) is 84.4 cm³/mol. The Morgan fingerprint density at radius 2 is 1.92 bits per heavy atom. The molecule has 0 aromatic carbocycles. The maximum atomic E-state index is 11.5. The Kier molecular flexibility index (Phi) is 4.59. The van der Waals surface area contributed by atoms with Crippen molar-refractivity contribution in [2.24, 2.45) is 0 Å². The lowest BCUT2D eigenvalue weighted by atomic mass is 10.2. The third-order valence-corrected chi connectivity index (χ3v) is 4.19. The zero-order chi connectivity index (χ0) is 17.1. The second-order valence-corrected chi connectivity index (χ2v) is 5.63. The number of piperazine rings is 1. The molecule has 0 saturated carbocycles. The summed E-state index contributed by atoms with van der Waals surface area (Å²) in [5, 5.41) is 9.14. The maximum absolute atomic E-state index is 11.5. The van der Waals surface area contributed by atoms with Gasteiger partial charge >= 0.3 is 12.2 Å². The first-order chi connectivity index (χ1) is 11.6. The first-order valence-corrected chi connectivity index (χ1v) is 7.77. The molecule has 2 aliphatic heterocycles. The second kappa shape index (κ2) is 6.81. The number of methoxy groups -OCH3 is 1. The van der Waals surface area contributed by atoms with Gasteiger partial charge in [-0.15, -0.1) is 0 Å². The summed E-state index contributed by atoms with van der Waals surface area (Å²) in [6.07, 6.45) is -1.28. The van der Waals surface area contributed by atoms with Gasteiger partial charge in [0.1, 0.15) is 12.4 Å². The van der Waals surface area contributed by atoms with Gasteiger partial charge in [0.2, 0.25) is 5.88 Å². The molecule has 0 spiro atoms. The summed E-state index contributed by atoms with van der Waals surface area (Å²) in [6.45, 7) is 3.32. The van der Waals surface area contributed by atoms with Crippen molar-refractivity contribution in [2.75, 3.05) is 51.3 Å². The normalized spacial score (nSPS) is 17.6. The van der Waals surface area contributed by atoms with Gasteiger partial charge in [-0.3, -0.25) is 0 Å². The Bertz CT molecular complexity index is 630. The van der Waals surface area contributed by atoms with Crippen molar-refractivity contribution < 1.29 is 24.2 Å². The average Bonchev–Trinajstić information content (AvgIpc) is 2.83. The highest BCUT2D eigenvalue weighted by Crippen LogP contribution is 2.25. The van der Waals surface area contributed by atoms with Crippen LogP contribution in [0.5, 0.6) is 5.88 Å². The molecule has 130 valence electrons. The van der Waals surface area contributed by atoms with Crippen LogP contribution in [0, 0.1) is 0 Å². The topological polar surface area (TPSA) is 95.4 Å². The fourth-order valence-electron chi connectivity index (χ4n) is 2.83. The molecule has 0 radical (unpaired) electrons. The number of ether oxygens (including phenoxy) is 2. The van der Waals surface area contributed by atoms with Crippen LogP contribution in [0.25, 0.3) is 0 Å². The van der Waals surface area contributed by atoms with Gasteiger partial charge in [-0.2, -0.15) is 4.98 Å². The molecule has 0 bridgehead atoms. The molecule has 0 unspecified atom stereocenters. The third kappa shape index (κ3) is 3.29. The number of anilines is 1. The standard InChI is InChI=1S/C15H20N4O5/c1-23-15(22)18-6-4-17(5-7-18)12-3-2-11-10-19(14(20)21)8-9-24-13(11)16-12/h2-3H,4-10H2,1H3,(H,20,21). The summed E-state index contributed by atoms with van der Waals surface area (Å²) in [7, 11) is 1.38. The Balaban J connectivity index is 1.70. The highest BCUT2D eigenvalue weighted by molar-refractivity contribution is 5.68. The van der Waals surface area contributed by atoms with E-state index >= 15 is 0 Å². The Morgan fingerprint density at radius 1 is 1.17 bits per heavy atom. The van der Waals surface area contributed by atoms with Crippen LogP contribution in [0.4, 0.5) is 15.4 Å². The van der Waals surface area contributed by atoms with Crippen LogP contribution in [0.15, 0.2) is 12.1 Å². The van der Waals surface area contributed by atoms with Crippen LogP contribution in [0.2, 0.25) is 0 Å². The minimum atomic E-state index is -0.963. The number of aromatic nitrogens is 1. The Labute approximate surface area is 139 Å². The molecule has 0 aliphatic carbocycles. The zero-order valence-electron chi connectivity index (χ0n) is 13.5. The Morgan fingerprint density at radius 3 is 2.58 bits per heavy atom. The van der Waals surface area contributed by atoms with Crippen molar-refractivity contribution in [2.45, 2.75) is 6.54 Å². The highest BCUT2D eigenvalue weighted by atomic mass is 16.5. The van der Waals surface area contributed by atoms with E-state index in [2.05, 4.69) is 9.88 Å². The van der Waals surface area contributed by atoms with E-state index in [-0.39, 0.29) is 19.2 Å². The van der Waals surface area contributed by atoms with Crippen LogP contribution in [0.3, 0.4) is 0 Å². The third-order valence-electron chi connectivity index (χ3n) is 4.19. The first-order valence-electron chi connectivity index (χ1n) is 7.77. The smallest absolute Gasteiger partial charge is 0.409 e. The number of nitrogens with zero attached hydrogens (tertiary/aromatic N) is 4. The van der Waals surface area contributed by atoms with Crippen LogP contribution in [-0.2, 0) is 11.3 Å². The summed E-state index contributed by atoms with van der Waals surface area (Å²) >= 11 is 0. The fourth-order valence-corrected chi connectivity index (χ4v) is 2.83. The number of hydrogen-bond donors (Lipinski definition) is 1. The van der Waals surface area contributed by atoms with E-state index in [9.17, 15) is 9.59 Å². The van der Waals surface area contributed by atoms with Crippen LogP contribution >= 0.6 is 0 Å². The van der Waals surface area contributed by atoms with Crippen molar-refractivity contribution in [3.63, 3.8) is 0 Å². The van der Waals surface area contributed by atoms with Crippen molar-refractivity contribution in [1.82, 2.24) is 14.8 Å². The van der Waals surface area contributed by atoms with E-state index < -0.39 is 6.09 Å². The minimum absolute atomic E-state index is 0.272. The van der Waals surface area contributed by atoms with Gasteiger partial charge in [0.25, 0.3) is 0 Å². The lowest BCUT2D eigenvalue weighted by Crippen LogP contribution is -2.49. The molecule has 2 amide bonds. The minimum Gasteiger partial charge on any atom is -0.475 e. The van der Waals surface area contributed by atoms with Gasteiger partial charge < -0.3 is 29.3 Å². The van der Waals surface area contributed by atoms with Gasteiger partial charge in [0.05, 0.1) is 20.2 Å². The van der Waals surface area contributed by atoms with E-state index in [0.29, 0.717) is 38.6 Å². The van der Waals surface area contributed by atoms with Gasteiger partial charge in [-0.05, 0) is 12.1 Å². The number of pyridine rings is 1. The molecule has 1 N–H and O–H groups in total. The van der Waals surface area contributed by atoms with Crippen LogP contribution < -0.4 is 9.64 Å². The molecule has 0 atom stereocenters. The molecule has 3 rings (SSSR count). The van der Waals surface area contributed by atoms with E-state index in [0.717, 1.165) is 11.4 Å². The molecule has 1 fully saturated rings. The zero-order valence-corrected chi connectivity index (χ0v) is 13.5. The molecule has 24 heavy (non-hydrogen) atoms. The van der Waals surface area contributed by atoms with Crippen LogP contribution in [0.1, 0.15) is 5.56 Å². The number of rotatable bonds is 1. The highest BCUT2D eigenvalue weighted by Gasteiger charge is 2.24. The predicted octanol–water partition coefficient (Wildman–Crippen LogP) is 0.842. The monoisotopic (exact) mass is 336 g/mol. The number of hydrogen-bond acceptors (Lipinski definition) is 6. The summed E-state index contributed by atoms with van der Waals surface area (Å²) < 4.78 is 10.3. The van der Waals surface area contributed by atoms with E-state index in [1.54, 1.807) is 4.90 Å². The van der Waals surface area contributed by atoms with Crippen LogP contribution in [-0.4, -0.2) is 78.5 Å². The molecule has 1 saturated heterocycles. The van der Waals surface area contributed by atoms with Crippen molar-refractivity contribution in [1.29, 1.82) is 0 Å². The second-order valence-electron chi connectivity index (χ2n) is 5.63. The molecule has 2 aliphatic rings. The SMILES string of the molecule is COC(=O)N1CCN(c2ccc3c(n2)OCCN(C(=O)O)C3)CC1. The lowest BCUT2D eigenvalue weighted by Gasteiger charge is -2.34. The summed E-state index contributed by atoms with van der Waals surface area (Å²) in [5.41, 5.74) is 0.756. The maximum Gasteiger partial charge on any atom is 0.409 e.